The van der Waals surface area contributed by atoms with Crippen LogP contribution >= 0.6 is 23.5 Å². The zero-order valence-corrected chi connectivity index (χ0v) is 17.2. The van der Waals surface area contributed by atoms with Crippen LogP contribution in [-0.4, -0.2) is 33.9 Å². The average Bonchev–Trinajstić information content (AvgIpc) is 2.67. The molecular weight excluding hydrogens is 450 g/mol. The lowest BCUT2D eigenvalue weighted by molar-refractivity contribution is -0.138. The fraction of sp³-hybridized carbons (Fsp3) is 0.400. The molecule has 2 nitrogen and oxygen atoms in total. The third-order valence-corrected chi connectivity index (χ3v) is 6.30. The van der Waals surface area contributed by atoms with Crippen LogP contribution in [0.5, 0.6) is 0 Å². The van der Waals surface area contributed by atoms with Gasteiger partial charge in [-0.05, 0) is 23.3 Å². The number of hydrogen-bond acceptors (Lipinski definition) is 4. The van der Waals surface area contributed by atoms with Crippen LogP contribution in [0.15, 0.2) is 48.5 Å². The third kappa shape index (κ3) is 8.05. The lowest BCUT2D eigenvalue weighted by Gasteiger charge is -2.17. The number of halogens is 6. The van der Waals surface area contributed by atoms with Gasteiger partial charge in [-0.2, -0.15) is 49.9 Å². The van der Waals surface area contributed by atoms with Crippen molar-refractivity contribution in [3.63, 3.8) is 0 Å². The molecule has 0 aromatic heterocycles. The number of aliphatic hydroxyl groups is 2. The lowest BCUT2D eigenvalue weighted by atomic mass is 10.1. The summed E-state index contributed by atoms with van der Waals surface area (Å²) in [6.45, 7) is 0. The molecule has 0 heterocycles. The van der Waals surface area contributed by atoms with Gasteiger partial charge in [0, 0.05) is 23.0 Å². The summed E-state index contributed by atoms with van der Waals surface area (Å²) < 4.78 is 76.2. The van der Waals surface area contributed by atoms with E-state index in [0.717, 1.165) is 24.3 Å². The lowest BCUT2D eigenvalue weighted by Crippen LogP contribution is -2.30. The minimum atomic E-state index is -4.42. The van der Waals surface area contributed by atoms with Crippen molar-refractivity contribution in [2.45, 2.75) is 36.1 Å². The average molecular weight is 471 g/mol. The molecule has 2 aromatic rings. The van der Waals surface area contributed by atoms with E-state index in [1.165, 1.54) is 35.7 Å². The molecule has 2 aromatic carbocycles. The van der Waals surface area contributed by atoms with Crippen molar-refractivity contribution < 1.29 is 36.6 Å². The number of benzene rings is 2. The predicted octanol–water partition coefficient (Wildman–Crippen LogP) is 5.61. The van der Waals surface area contributed by atoms with Gasteiger partial charge in [-0.3, -0.25) is 0 Å². The predicted molar refractivity (Wildman–Crippen MR) is 107 cm³/mol. The summed E-state index contributed by atoms with van der Waals surface area (Å²) in [5.41, 5.74) is -0.578. The number of aliphatic hydroxyl groups excluding tert-OH is 2. The first-order chi connectivity index (χ1) is 14.0. The molecule has 0 amide bonds. The summed E-state index contributed by atoms with van der Waals surface area (Å²) in [7, 11) is 0. The maximum Gasteiger partial charge on any atom is 0.416 e. The zero-order chi connectivity index (χ0) is 22.4. The van der Waals surface area contributed by atoms with Crippen LogP contribution in [0.4, 0.5) is 26.3 Å². The van der Waals surface area contributed by atoms with Gasteiger partial charge in [0.25, 0.3) is 0 Å². The van der Waals surface area contributed by atoms with E-state index in [4.69, 9.17) is 0 Å². The number of rotatable bonds is 9. The van der Waals surface area contributed by atoms with Crippen LogP contribution in [-0.2, 0) is 23.9 Å². The monoisotopic (exact) mass is 470 g/mol. The minimum absolute atomic E-state index is 0.113. The van der Waals surface area contributed by atoms with Crippen LogP contribution in [0.3, 0.4) is 0 Å². The molecule has 10 heteroatoms. The maximum absolute atomic E-state index is 12.7. The summed E-state index contributed by atoms with van der Waals surface area (Å²) in [4.78, 5) is 0. The van der Waals surface area contributed by atoms with E-state index >= 15 is 0 Å². The molecule has 2 unspecified atom stereocenters. The van der Waals surface area contributed by atoms with Crippen molar-refractivity contribution in [1.82, 2.24) is 0 Å². The fourth-order valence-electron chi connectivity index (χ4n) is 2.49. The molecule has 0 saturated carbocycles. The Labute approximate surface area is 178 Å². The van der Waals surface area contributed by atoms with E-state index in [9.17, 15) is 36.6 Å². The van der Waals surface area contributed by atoms with E-state index in [1.54, 1.807) is 12.1 Å². The Bertz CT molecular complexity index is 743. The van der Waals surface area contributed by atoms with E-state index in [1.807, 2.05) is 0 Å². The summed E-state index contributed by atoms with van der Waals surface area (Å²) in [5, 5.41) is 20.0. The Morgan fingerprint density at radius 3 is 1.37 bits per heavy atom. The molecule has 2 rings (SSSR count). The Kier molecular flexibility index (Phi) is 8.96. The standard InChI is InChI=1S/C20H20F6O2S2/c21-19(22,23)15-5-1-3-13(7-15)9-29-11-17(27)18(28)12-30-10-14-4-2-6-16(8-14)20(24,25)26/h1-8,17-18,27-28H,9-12H2. The van der Waals surface area contributed by atoms with Crippen molar-refractivity contribution in [3.05, 3.63) is 70.8 Å². The molecule has 2 N–H and O–H groups in total. The smallest absolute Gasteiger partial charge is 0.390 e. The van der Waals surface area contributed by atoms with Crippen molar-refractivity contribution >= 4 is 23.5 Å². The SMILES string of the molecule is OC(CSCc1cccc(C(F)(F)F)c1)C(O)CSCc1cccc(C(F)(F)F)c1. The van der Waals surface area contributed by atoms with Crippen LogP contribution in [0.25, 0.3) is 0 Å². The molecule has 166 valence electrons. The van der Waals surface area contributed by atoms with Gasteiger partial charge in [0.2, 0.25) is 0 Å². The number of hydrogen-bond donors (Lipinski definition) is 2. The molecule has 2 atom stereocenters. The highest BCUT2D eigenvalue weighted by atomic mass is 32.2. The quantitative estimate of drug-likeness (QED) is 0.468. The van der Waals surface area contributed by atoms with Gasteiger partial charge >= 0.3 is 12.4 Å². The highest BCUT2D eigenvalue weighted by Gasteiger charge is 2.31. The molecule has 0 bridgehead atoms. The molecule has 0 fully saturated rings. The van der Waals surface area contributed by atoms with Crippen LogP contribution in [0.2, 0.25) is 0 Å². The Balaban J connectivity index is 1.74. The highest BCUT2D eigenvalue weighted by molar-refractivity contribution is 7.98. The second-order valence-corrected chi connectivity index (χ2v) is 8.62. The van der Waals surface area contributed by atoms with E-state index in [0.29, 0.717) is 11.1 Å². The second-order valence-electron chi connectivity index (χ2n) is 6.56. The van der Waals surface area contributed by atoms with Crippen LogP contribution in [0, 0.1) is 0 Å². The Morgan fingerprint density at radius 1 is 0.667 bits per heavy atom. The van der Waals surface area contributed by atoms with Gasteiger partial charge in [0.15, 0.2) is 0 Å². The first-order valence-corrected chi connectivity index (χ1v) is 11.1. The summed E-state index contributed by atoms with van der Waals surface area (Å²) in [6, 6.07) is 9.78. The first kappa shape index (κ1) is 24.9. The van der Waals surface area contributed by atoms with Gasteiger partial charge in [0.05, 0.1) is 23.3 Å². The van der Waals surface area contributed by atoms with Gasteiger partial charge < -0.3 is 10.2 Å². The largest absolute Gasteiger partial charge is 0.416 e. The fourth-order valence-corrected chi connectivity index (χ4v) is 4.49. The van der Waals surface area contributed by atoms with Gasteiger partial charge in [-0.1, -0.05) is 36.4 Å². The first-order valence-electron chi connectivity index (χ1n) is 8.80. The van der Waals surface area contributed by atoms with Crippen molar-refractivity contribution in [2.24, 2.45) is 0 Å². The molecule has 0 radical (unpaired) electrons. The normalized spacial score (nSPS) is 14.5. The van der Waals surface area contributed by atoms with Crippen molar-refractivity contribution in [3.8, 4) is 0 Å². The number of alkyl halides is 6. The summed E-state index contributed by atoms with van der Waals surface area (Å²) >= 11 is 2.37. The van der Waals surface area contributed by atoms with E-state index in [2.05, 4.69) is 0 Å². The molecule has 0 saturated heterocycles. The van der Waals surface area contributed by atoms with Crippen LogP contribution < -0.4 is 0 Å². The number of thioether (sulfide) groups is 2. The van der Waals surface area contributed by atoms with Gasteiger partial charge in [-0.15, -0.1) is 0 Å². The van der Waals surface area contributed by atoms with Gasteiger partial charge in [0.1, 0.15) is 0 Å². The van der Waals surface area contributed by atoms with Crippen molar-refractivity contribution in [1.29, 1.82) is 0 Å². The molecule has 0 spiro atoms. The summed E-state index contributed by atoms with van der Waals surface area (Å²) in [5.74, 6) is 0.708. The molecule has 30 heavy (non-hydrogen) atoms. The molecule has 0 aliphatic carbocycles. The van der Waals surface area contributed by atoms with Crippen molar-refractivity contribution in [2.75, 3.05) is 11.5 Å². The second kappa shape index (κ2) is 10.8. The minimum Gasteiger partial charge on any atom is -0.390 e. The molecule has 0 aliphatic rings. The Hall–Kier alpha value is -1.36. The van der Waals surface area contributed by atoms with Gasteiger partial charge in [-0.25, -0.2) is 0 Å². The highest BCUT2D eigenvalue weighted by Crippen LogP contribution is 2.31. The molecular formula is C20H20F6O2S2. The Morgan fingerprint density at radius 2 is 1.03 bits per heavy atom. The van der Waals surface area contributed by atoms with E-state index in [-0.39, 0.29) is 23.0 Å². The maximum atomic E-state index is 12.7. The van der Waals surface area contributed by atoms with Crippen LogP contribution in [0.1, 0.15) is 22.3 Å². The zero-order valence-electron chi connectivity index (χ0n) is 15.6. The van der Waals surface area contributed by atoms with E-state index < -0.39 is 35.7 Å². The summed E-state index contributed by atoms with van der Waals surface area (Å²) in [6.07, 6.45) is -11.1. The molecule has 0 aliphatic heterocycles. The third-order valence-electron chi connectivity index (χ3n) is 4.07. The topological polar surface area (TPSA) is 40.5 Å².